The molecule has 0 aliphatic heterocycles. The van der Waals surface area contributed by atoms with Gasteiger partial charge in [-0.05, 0) is 125 Å². The van der Waals surface area contributed by atoms with Gasteiger partial charge in [-0.2, -0.15) is 6.42 Å². The van der Waals surface area contributed by atoms with Crippen LogP contribution < -0.4 is 45.9 Å². The summed E-state index contributed by atoms with van der Waals surface area (Å²) in [6.07, 6.45) is 18.6. The smallest absolute Gasteiger partial charge is 0.748 e. The van der Waals surface area contributed by atoms with Gasteiger partial charge in [-0.25, -0.2) is 8.42 Å². The minimum atomic E-state index is -4.20. The molecule has 6 rings (SSSR count). The van der Waals surface area contributed by atoms with Crippen LogP contribution in [0.5, 0.6) is 0 Å². The Balaban J connectivity index is 0.00000704. The largest absolute Gasteiger partial charge is 1.00 e. The maximum Gasteiger partial charge on any atom is 1.00 e. The summed E-state index contributed by atoms with van der Waals surface area (Å²) in [6, 6.07) is 34.2. The number of rotatable bonds is 19. The van der Waals surface area contributed by atoms with Gasteiger partial charge >= 0.3 is 29.6 Å². The summed E-state index contributed by atoms with van der Waals surface area (Å²) < 4.78 is 33.5. The number of nitrogen functional groups attached to an aromatic ring is 1. The van der Waals surface area contributed by atoms with Crippen molar-refractivity contribution in [1.29, 1.82) is 0 Å². The van der Waals surface area contributed by atoms with Crippen molar-refractivity contribution in [2.45, 2.75) is 94.8 Å². The third-order valence-corrected chi connectivity index (χ3v) is 13.5. The first-order valence-electron chi connectivity index (χ1n) is 21.4. The van der Waals surface area contributed by atoms with E-state index in [4.69, 9.17) is 5.73 Å². The zero-order valence-corrected chi connectivity index (χ0v) is 40.4. The van der Waals surface area contributed by atoms with Gasteiger partial charge in [0.1, 0.15) is 5.69 Å². The minimum absolute atomic E-state index is 0. The van der Waals surface area contributed by atoms with E-state index < -0.39 is 10.1 Å². The molecule has 0 heterocycles. The normalized spacial score (nSPS) is 14.8. The fourth-order valence-electron chi connectivity index (χ4n) is 8.45. The standard InChI is InChI=1S/C52H62N3O3S2.Na/c1-6-7-35-54-46-31-25-38-17-8-10-23-44(38)48(46)51(2,3)33-15-21-40-19-14-20-41(50(40)59-43-29-27-42(53)28-30-43)22-16-34-52(4,5)49-45-24-11-9-18-39(45)26-32-47(49)55-36-12-13-37-60(56,57)58;/h8-11,15-18,21-33,54-55H,1,6-7,12-14,19-20,34-37,53H2,2-5H3,(H,56,57,58);/q-1;+1/b22-16+,33-15-,40-21+;. The zero-order chi connectivity index (χ0) is 42.8. The fourth-order valence-corrected chi connectivity index (χ4v) is 10.1. The summed E-state index contributed by atoms with van der Waals surface area (Å²) in [6.45, 7) is 14.9. The maximum atomic E-state index is 11.2. The van der Waals surface area contributed by atoms with Crippen molar-refractivity contribution in [3.8, 4) is 0 Å². The molecule has 5 aromatic rings. The van der Waals surface area contributed by atoms with Gasteiger partial charge in [0, 0.05) is 44.5 Å². The molecule has 0 saturated carbocycles. The second-order valence-electron chi connectivity index (χ2n) is 17.2. The molecule has 0 amide bonds. The Labute approximate surface area is 391 Å². The molecule has 0 bridgehead atoms. The predicted molar refractivity (Wildman–Crippen MR) is 256 cm³/mol. The van der Waals surface area contributed by atoms with Crippen LogP contribution in [-0.2, 0) is 20.9 Å². The first kappa shape index (κ1) is 48.4. The summed E-state index contributed by atoms with van der Waals surface area (Å²) >= 11 is 1.83. The molecule has 0 fully saturated rings. The number of thioether (sulfide) groups is 1. The molecular formula is C52H62N3NaO3S2. The Morgan fingerprint density at radius 3 is 2.21 bits per heavy atom. The van der Waals surface area contributed by atoms with Gasteiger partial charge in [-0.15, -0.1) is 0 Å². The van der Waals surface area contributed by atoms with Crippen molar-refractivity contribution in [3.63, 3.8) is 0 Å². The van der Waals surface area contributed by atoms with E-state index in [-0.39, 0.29) is 46.1 Å². The molecule has 0 atom stereocenters. The molecular weight excluding hydrogens is 802 g/mol. The first-order chi connectivity index (χ1) is 28.8. The number of unbranched alkanes of at least 4 members (excludes halogenated alkanes) is 2. The van der Waals surface area contributed by atoms with Gasteiger partial charge in [0.25, 0.3) is 0 Å². The van der Waals surface area contributed by atoms with Crippen LogP contribution in [0, 0.1) is 6.92 Å². The molecule has 5 aromatic carbocycles. The average molecular weight is 864 g/mol. The van der Waals surface area contributed by atoms with Crippen molar-refractivity contribution in [2.75, 3.05) is 29.9 Å². The number of nitrogens with one attached hydrogen (secondary N) is 1. The monoisotopic (exact) mass is 863 g/mol. The van der Waals surface area contributed by atoms with Gasteiger partial charge in [-0.1, -0.05) is 131 Å². The summed E-state index contributed by atoms with van der Waals surface area (Å²) in [5, 5.41) is 10.9. The molecule has 61 heavy (non-hydrogen) atoms. The Kier molecular flexibility index (Phi) is 17.6. The van der Waals surface area contributed by atoms with Crippen LogP contribution in [-0.4, -0.2) is 31.8 Å². The van der Waals surface area contributed by atoms with E-state index in [0.29, 0.717) is 19.4 Å². The second kappa shape index (κ2) is 22.2. The number of hydrogen-bond donors (Lipinski definition) is 3. The number of benzene rings is 5. The van der Waals surface area contributed by atoms with Gasteiger partial charge in [-0.3, -0.25) is 0 Å². The van der Waals surface area contributed by atoms with Crippen molar-refractivity contribution in [3.05, 3.63) is 162 Å². The molecule has 9 heteroatoms. The zero-order valence-electron chi connectivity index (χ0n) is 36.8. The topological polar surface area (TPSA) is 112 Å². The number of hydrogen-bond acceptors (Lipinski definition) is 6. The van der Waals surface area contributed by atoms with Crippen molar-refractivity contribution >= 4 is 60.5 Å². The Morgan fingerprint density at radius 2 is 1.52 bits per heavy atom. The van der Waals surface area contributed by atoms with Crippen molar-refractivity contribution in [1.82, 2.24) is 0 Å². The Hall–Kier alpha value is -3.60. The fraction of sp³-hybridized carbons (Fsp3) is 0.327. The van der Waals surface area contributed by atoms with Gasteiger partial charge in [0.15, 0.2) is 0 Å². The molecule has 5 N–H and O–H groups in total. The molecule has 0 spiro atoms. The SMILES string of the molecule is [CH2-]CCCNc1ccc2ccccc2c1C(C)(C)/C=C\C=C1/CCCC(/C=C/CC(C)(C)c2c([NH2+]CCCCS(=O)(=O)[O-])ccc3ccccc23)=C1Sc1ccc(N)cc1.[Na+]. The van der Waals surface area contributed by atoms with Crippen LogP contribution in [0.15, 0.2) is 148 Å². The first-order valence-corrected chi connectivity index (χ1v) is 23.8. The quantitative estimate of drug-likeness (QED) is 0.0251. The minimum Gasteiger partial charge on any atom is -0.748 e. The van der Waals surface area contributed by atoms with Crippen LogP contribution in [0.25, 0.3) is 21.5 Å². The predicted octanol–water partition coefficient (Wildman–Crippen LogP) is 9.04. The van der Waals surface area contributed by atoms with Crippen LogP contribution in [0.4, 0.5) is 17.1 Å². The summed E-state index contributed by atoms with van der Waals surface area (Å²) in [7, 11) is -4.20. The van der Waals surface area contributed by atoms with E-state index in [9.17, 15) is 13.0 Å². The van der Waals surface area contributed by atoms with Crippen LogP contribution in [0.1, 0.15) is 90.2 Å². The number of quaternary nitrogens is 1. The van der Waals surface area contributed by atoms with E-state index in [1.165, 1.54) is 59.3 Å². The third-order valence-electron chi connectivity index (χ3n) is 11.5. The summed E-state index contributed by atoms with van der Waals surface area (Å²) in [4.78, 5) is 2.47. The second-order valence-corrected chi connectivity index (χ2v) is 19.8. The molecule has 1 aliphatic rings. The number of anilines is 2. The molecule has 1 aliphatic carbocycles. The number of nitrogens with two attached hydrogens (primary N) is 2. The Bertz CT molecular complexity index is 2500. The van der Waals surface area contributed by atoms with Crippen LogP contribution in [0.3, 0.4) is 0 Å². The van der Waals surface area contributed by atoms with E-state index in [1.807, 2.05) is 23.9 Å². The maximum absolute atomic E-state index is 11.2. The molecule has 0 saturated heterocycles. The van der Waals surface area contributed by atoms with E-state index >= 15 is 0 Å². The van der Waals surface area contributed by atoms with E-state index in [1.54, 1.807) is 0 Å². The van der Waals surface area contributed by atoms with E-state index in [2.05, 4.69) is 161 Å². The molecule has 316 valence electrons. The van der Waals surface area contributed by atoms with E-state index in [0.717, 1.165) is 56.4 Å². The average Bonchev–Trinajstić information content (AvgIpc) is 3.21. The number of fused-ring (bicyclic) bond motifs is 2. The summed E-state index contributed by atoms with van der Waals surface area (Å²) in [5.74, 6) is -0.317. The van der Waals surface area contributed by atoms with Crippen LogP contribution >= 0.6 is 11.8 Å². The third kappa shape index (κ3) is 13.2. The molecule has 0 radical (unpaired) electrons. The van der Waals surface area contributed by atoms with Gasteiger partial charge < -0.3 is 27.8 Å². The van der Waals surface area contributed by atoms with Crippen molar-refractivity contribution < 1.29 is 47.8 Å². The van der Waals surface area contributed by atoms with Gasteiger partial charge in [0.2, 0.25) is 0 Å². The summed E-state index contributed by atoms with van der Waals surface area (Å²) in [5.41, 5.74) is 14.1. The van der Waals surface area contributed by atoms with Crippen LogP contribution in [0.2, 0.25) is 0 Å². The van der Waals surface area contributed by atoms with Crippen molar-refractivity contribution in [2.24, 2.45) is 0 Å². The van der Waals surface area contributed by atoms with Gasteiger partial charge in [0.05, 0.1) is 16.7 Å². The molecule has 0 aromatic heterocycles. The molecule has 0 unspecified atom stereocenters. The molecule has 6 nitrogen and oxygen atoms in total. The Morgan fingerprint density at radius 1 is 0.852 bits per heavy atom. The number of allylic oxidation sites excluding steroid dienone is 7.